The maximum Gasteiger partial charge on any atom is 0.0875 e. The summed E-state index contributed by atoms with van der Waals surface area (Å²) in [7, 11) is 0. The van der Waals surface area contributed by atoms with Crippen molar-refractivity contribution in [3.8, 4) is 0 Å². The van der Waals surface area contributed by atoms with Crippen LogP contribution in [0, 0.1) is 5.92 Å². The first-order chi connectivity index (χ1) is 10.8. The second-order valence-corrected chi connectivity index (χ2v) is 6.98. The van der Waals surface area contributed by atoms with Crippen molar-refractivity contribution in [2.75, 3.05) is 5.32 Å². The second-order valence-electron chi connectivity index (χ2n) is 6.98. The van der Waals surface area contributed by atoms with Crippen molar-refractivity contribution in [3.63, 3.8) is 0 Å². The molecule has 2 N–H and O–H groups in total. The Kier molecular flexibility index (Phi) is 3.53. The number of fused-ring (bicyclic) bond motifs is 2. The molecule has 2 saturated carbocycles. The van der Waals surface area contributed by atoms with E-state index in [1.165, 1.54) is 25.7 Å². The van der Waals surface area contributed by atoms with Gasteiger partial charge in [-0.2, -0.15) is 0 Å². The third kappa shape index (κ3) is 2.38. The van der Waals surface area contributed by atoms with E-state index in [1.807, 2.05) is 24.4 Å². The summed E-state index contributed by atoms with van der Waals surface area (Å²) in [6, 6.07) is 10.5. The highest BCUT2D eigenvalue weighted by Crippen LogP contribution is 2.44. The molecule has 1 aromatic heterocycles. The normalized spacial score (nSPS) is 31.7. The van der Waals surface area contributed by atoms with E-state index in [-0.39, 0.29) is 6.04 Å². The third-order valence-electron chi connectivity index (χ3n) is 5.67. The van der Waals surface area contributed by atoms with Gasteiger partial charge < -0.3 is 10.4 Å². The van der Waals surface area contributed by atoms with E-state index in [1.54, 1.807) is 0 Å². The molecule has 0 radical (unpaired) electrons. The van der Waals surface area contributed by atoms with Gasteiger partial charge in [-0.05, 0) is 43.7 Å². The standard InChI is InChI=1S/C19H24N2O/c22-19-11-4-3-7-15(19)8-5-10-18(19)21-16-12-14-6-1-2-9-17(14)20-13-16/h1-2,6,9,12-13,15,18,21-22H,3-5,7-8,10-11H2/t15-,18?,19-/m1/s1. The van der Waals surface area contributed by atoms with Crippen molar-refractivity contribution < 1.29 is 5.11 Å². The van der Waals surface area contributed by atoms with Gasteiger partial charge in [-0.3, -0.25) is 4.98 Å². The summed E-state index contributed by atoms with van der Waals surface area (Å²) in [5.74, 6) is 0.473. The summed E-state index contributed by atoms with van der Waals surface area (Å²) >= 11 is 0. The molecular weight excluding hydrogens is 272 g/mol. The van der Waals surface area contributed by atoms with Crippen molar-refractivity contribution in [2.24, 2.45) is 5.92 Å². The molecule has 1 heterocycles. The second kappa shape index (κ2) is 5.54. The zero-order valence-electron chi connectivity index (χ0n) is 13.0. The number of nitrogens with one attached hydrogen (secondary N) is 1. The largest absolute Gasteiger partial charge is 0.387 e. The Bertz CT molecular complexity index is 669. The van der Waals surface area contributed by atoms with Gasteiger partial charge in [0.15, 0.2) is 0 Å². The van der Waals surface area contributed by atoms with Gasteiger partial charge >= 0.3 is 0 Å². The predicted molar refractivity (Wildman–Crippen MR) is 89.9 cm³/mol. The molecule has 0 spiro atoms. The molecule has 1 aromatic carbocycles. The van der Waals surface area contributed by atoms with E-state index >= 15 is 0 Å². The van der Waals surface area contributed by atoms with Gasteiger partial charge in [0, 0.05) is 5.39 Å². The number of rotatable bonds is 2. The molecule has 3 atom stereocenters. The maximum absolute atomic E-state index is 11.2. The molecule has 0 amide bonds. The van der Waals surface area contributed by atoms with Crippen molar-refractivity contribution in [3.05, 3.63) is 36.5 Å². The summed E-state index contributed by atoms with van der Waals surface area (Å²) in [6.07, 6.45) is 9.91. The molecule has 0 aliphatic heterocycles. The van der Waals surface area contributed by atoms with Crippen LogP contribution in [0.15, 0.2) is 36.5 Å². The van der Waals surface area contributed by atoms with Crippen LogP contribution in [0.3, 0.4) is 0 Å². The lowest BCUT2D eigenvalue weighted by Gasteiger charge is -2.49. The SMILES string of the molecule is O[C@]12CCCC[C@@H]1CCCC2Nc1cnc2ccccc2c1. The Morgan fingerprint density at radius 2 is 1.95 bits per heavy atom. The van der Waals surface area contributed by atoms with Crippen LogP contribution in [0.4, 0.5) is 5.69 Å². The number of nitrogens with zero attached hydrogens (tertiary/aromatic N) is 1. The fourth-order valence-electron chi connectivity index (χ4n) is 4.47. The zero-order valence-corrected chi connectivity index (χ0v) is 13.0. The number of aromatic nitrogens is 1. The van der Waals surface area contributed by atoms with Crippen LogP contribution in [0.2, 0.25) is 0 Å². The van der Waals surface area contributed by atoms with E-state index in [2.05, 4.69) is 22.4 Å². The number of aliphatic hydroxyl groups is 1. The Balaban J connectivity index is 1.60. The first kappa shape index (κ1) is 14.0. The average molecular weight is 296 g/mol. The van der Waals surface area contributed by atoms with Crippen molar-refractivity contribution in [2.45, 2.75) is 56.6 Å². The lowest BCUT2D eigenvalue weighted by molar-refractivity contribution is -0.0835. The molecule has 2 aromatic rings. The Hall–Kier alpha value is -1.61. The number of benzene rings is 1. The molecule has 116 valence electrons. The molecule has 1 unspecified atom stereocenters. The fourth-order valence-corrected chi connectivity index (χ4v) is 4.47. The van der Waals surface area contributed by atoms with Gasteiger partial charge in [0.2, 0.25) is 0 Å². The predicted octanol–water partition coefficient (Wildman–Crippen LogP) is 4.12. The van der Waals surface area contributed by atoms with Gasteiger partial charge in [0.1, 0.15) is 0 Å². The quantitative estimate of drug-likeness (QED) is 0.876. The van der Waals surface area contributed by atoms with Crippen molar-refractivity contribution >= 4 is 16.6 Å². The van der Waals surface area contributed by atoms with E-state index < -0.39 is 5.60 Å². The molecular formula is C19H24N2O. The van der Waals surface area contributed by atoms with Crippen LogP contribution in [-0.4, -0.2) is 21.7 Å². The first-order valence-corrected chi connectivity index (χ1v) is 8.59. The third-order valence-corrected chi connectivity index (χ3v) is 5.67. The number of hydrogen-bond donors (Lipinski definition) is 2. The monoisotopic (exact) mass is 296 g/mol. The van der Waals surface area contributed by atoms with Gasteiger partial charge in [0.25, 0.3) is 0 Å². The number of para-hydroxylation sites is 1. The van der Waals surface area contributed by atoms with Crippen molar-refractivity contribution in [1.82, 2.24) is 4.98 Å². The molecule has 22 heavy (non-hydrogen) atoms. The molecule has 2 aliphatic carbocycles. The van der Waals surface area contributed by atoms with E-state index in [0.717, 1.165) is 35.9 Å². The van der Waals surface area contributed by atoms with Crippen LogP contribution in [0.5, 0.6) is 0 Å². The molecule has 0 bridgehead atoms. The Morgan fingerprint density at radius 3 is 2.91 bits per heavy atom. The minimum Gasteiger partial charge on any atom is -0.387 e. The minimum absolute atomic E-state index is 0.162. The Morgan fingerprint density at radius 1 is 1.09 bits per heavy atom. The van der Waals surface area contributed by atoms with Crippen LogP contribution in [-0.2, 0) is 0 Å². The summed E-state index contributed by atoms with van der Waals surface area (Å²) in [5, 5.41) is 16.0. The average Bonchev–Trinajstić information content (AvgIpc) is 2.55. The summed E-state index contributed by atoms with van der Waals surface area (Å²) in [4.78, 5) is 4.53. The fraction of sp³-hybridized carbons (Fsp3) is 0.526. The Labute approximate surface area is 131 Å². The topological polar surface area (TPSA) is 45.1 Å². The van der Waals surface area contributed by atoms with Gasteiger partial charge in [-0.1, -0.05) is 37.5 Å². The van der Waals surface area contributed by atoms with Gasteiger partial charge in [-0.25, -0.2) is 0 Å². The highest BCUT2D eigenvalue weighted by molar-refractivity contribution is 5.81. The van der Waals surface area contributed by atoms with E-state index in [4.69, 9.17) is 0 Å². The molecule has 0 saturated heterocycles. The zero-order chi connectivity index (χ0) is 15.0. The van der Waals surface area contributed by atoms with Crippen molar-refractivity contribution in [1.29, 1.82) is 0 Å². The smallest absolute Gasteiger partial charge is 0.0875 e. The molecule has 4 rings (SSSR count). The van der Waals surface area contributed by atoms with Crippen LogP contribution < -0.4 is 5.32 Å². The molecule has 2 aliphatic rings. The molecule has 3 heteroatoms. The lowest BCUT2D eigenvalue weighted by atomic mass is 9.65. The van der Waals surface area contributed by atoms with Crippen LogP contribution in [0.25, 0.3) is 10.9 Å². The van der Waals surface area contributed by atoms with E-state index in [9.17, 15) is 5.11 Å². The van der Waals surface area contributed by atoms with Crippen LogP contribution in [0.1, 0.15) is 44.9 Å². The molecule has 3 nitrogen and oxygen atoms in total. The van der Waals surface area contributed by atoms with Gasteiger partial charge in [-0.15, -0.1) is 0 Å². The summed E-state index contributed by atoms with van der Waals surface area (Å²) in [5.41, 5.74) is 1.52. The van der Waals surface area contributed by atoms with E-state index in [0.29, 0.717) is 5.92 Å². The number of anilines is 1. The minimum atomic E-state index is -0.526. The lowest BCUT2D eigenvalue weighted by Crippen LogP contribution is -2.56. The maximum atomic E-state index is 11.2. The first-order valence-electron chi connectivity index (χ1n) is 8.59. The number of pyridine rings is 1. The highest BCUT2D eigenvalue weighted by Gasteiger charge is 2.47. The highest BCUT2D eigenvalue weighted by atomic mass is 16.3. The number of hydrogen-bond acceptors (Lipinski definition) is 3. The summed E-state index contributed by atoms with van der Waals surface area (Å²) in [6.45, 7) is 0. The summed E-state index contributed by atoms with van der Waals surface area (Å²) < 4.78 is 0. The molecule has 2 fully saturated rings. The van der Waals surface area contributed by atoms with Crippen LogP contribution >= 0.6 is 0 Å². The van der Waals surface area contributed by atoms with Gasteiger partial charge in [0.05, 0.1) is 29.0 Å².